The number of amides is 1. The molecule has 1 fully saturated rings. The van der Waals surface area contributed by atoms with Gasteiger partial charge in [0, 0.05) is 27.2 Å². The van der Waals surface area contributed by atoms with Crippen molar-refractivity contribution in [1.29, 1.82) is 0 Å². The van der Waals surface area contributed by atoms with Gasteiger partial charge in [0.15, 0.2) is 0 Å². The van der Waals surface area contributed by atoms with Gasteiger partial charge >= 0.3 is 0 Å². The largest absolute Gasteiger partial charge is 0.383 e. The van der Waals surface area contributed by atoms with Gasteiger partial charge in [-0.1, -0.05) is 6.92 Å². The fourth-order valence-electron chi connectivity index (χ4n) is 1.61. The smallest absolute Gasteiger partial charge is 0.236 e. The second kappa shape index (κ2) is 6.08. The summed E-state index contributed by atoms with van der Waals surface area (Å²) in [6.45, 7) is 4.94. The summed E-state index contributed by atoms with van der Waals surface area (Å²) in [5, 5.41) is 3.06. The van der Waals surface area contributed by atoms with Gasteiger partial charge in [-0.25, -0.2) is 0 Å². The molecule has 4 heteroatoms. The molecule has 0 radical (unpaired) electrons. The molecular weight excluding hydrogens is 192 g/mol. The maximum Gasteiger partial charge on any atom is 0.236 e. The van der Waals surface area contributed by atoms with Crippen LogP contribution in [-0.4, -0.2) is 51.2 Å². The minimum Gasteiger partial charge on any atom is -0.383 e. The van der Waals surface area contributed by atoms with Crippen LogP contribution in [-0.2, 0) is 9.53 Å². The number of rotatable bonds is 7. The van der Waals surface area contributed by atoms with Crippen molar-refractivity contribution in [3.05, 3.63) is 0 Å². The highest BCUT2D eigenvalue weighted by Gasteiger charge is 2.33. The zero-order valence-electron chi connectivity index (χ0n) is 9.95. The number of methoxy groups -OCH3 is 1. The molecular formula is C11H22N2O2. The first-order valence-corrected chi connectivity index (χ1v) is 5.58. The van der Waals surface area contributed by atoms with Crippen molar-refractivity contribution >= 4 is 5.91 Å². The molecule has 4 nitrogen and oxygen atoms in total. The fraction of sp³-hybridized carbons (Fsp3) is 0.909. The average molecular weight is 214 g/mol. The van der Waals surface area contributed by atoms with Gasteiger partial charge in [-0.2, -0.15) is 0 Å². The van der Waals surface area contributed by atoms with Crippen LogP contribution in [0.15, 0.2) is 0 Å². The maximum atomic E-state index is 11.6. The van der Waals surface area contributed by atoms with Gasteiger partial charge in [-0.3, -0.25) is 4.79 Å². The molecule has 2 unspecified atom stereocenters. The zero-order valence-corrected chi connectivity index (χ0v) is 9.95. The Morgan fingerprint density at radius 1 is 1.60 bits per heavy atom. The predicted octanol–water partition coefficient (Wildman–Crippen LogP) is 0.337. The summed E-state index contributed by atoms with van der Waals surface area (Å²) in [5.74, 6) is 1.71. The Morgan fingerprint density at radius 3 is 2.80 bits per heavy atom. The van der Waals surface area contributed by atoms with E-state index >= 15 is 0 Å². The van der Waals surface area contributed by atoms with E-state index in [2.05, 4.69) is 12.2 Å². The molecule has 0 aromatic carbocycles. The summed E-state index contributed by atoms with van der Waals surface area (Å²) in [7, 11) is 3.54. The number of hydrogen-bond acceptors (Lipinski definition) is 3. The minimum absolute atomic E-state index is 0.171. The normalized spacial score (nSPS) is 23.9. The Labute approximate surface area is 92.0 Å². The van der Waals surface area contributed by atoms with Crippen LogP contribution in [0.1, 0.15) is 13.3 Å². The lowest BCUT2D eigenvalue weighted by molar-refractivity contribution is -0.129. The lowest BCUT2D eigenvalue weighted by Gasteiger charge is -2.17. The molecule has 0 aromatic heterocycles. The molecule has 1 aliphatic rings. The molecule has 0 aliphatic heterocycles. The second-order valence-electron chi connectivity index (χ2n) is 4.42. The Morgan fingerprint density at radius 2 is 2.27 bits per heavy atom. The molecule has 1 saturated carbocycles. The first kappa shape index (κ1) is 12.5. The highest BCUT2D eigenvalue weighted by atomic mass is 16.5. The van der Waals surface area contributed by atoms with E-state index < -0.39 is 0 Å². The predicted molar refractivity (Wildman–Crippen MR) is 59.7 cm³/mol. The standard InChI is InChI=1S/C11H22N2O2/c1-9-6-10(9)8-13(2)11(14)7-12-4-5-15-3/h9-10,12H,4-8H2,1-3H3. The molecule has 1 amide bonds. The van der Waals surface area contributed by atoms with Crippen molar-refractivity contribution in [3.8, 4) is 0 Å². The zero-order chi connectivity index (χ0) is 11.3. The molecule has 1 N–H and O–H groups in total. The third kappa shape index (κ3) is 4.62. The lowest BCUT2D eigenvalue weighted by atomic mass is 10.3. The van der Waals surface area contributed by atoms with Crippen molar-refractivity contribution in [3.63, 3.8) is 0 Å². The average Bonchev–Trinajstić information content (AvgIpc) is 2.88. The molecule has 0 heterocycles. The monoisotopic (exact) mass is 214 g/mol. The summed E-state index contributed by atoms with van der Waals surface area (Å²) >= 11 is 0. The minimum atomic E-state index is 0.171. The molecule has 0 aromatic rings. The van der Waals surface area contributed by atoms with Gasteiger partial charge < -0.3 is 15.0 Å². The summed E-state index contributed by atoms with van der Waals surface area (Å²) < 4.78 is 4.89. The van der Waals surface area contributed by atoms with E-state index in [1.54, 1.807) is 7.11 Å². The molecule has 0 bridgehead atoms. The molecule has 88 valence electrons. The van der Waals surface area contributed by atoms with E-state index in [1.165, 1.54) is 6.42 Å². The van der Waals surface area contributed by atoms with Gasteiger partial charge in [0.25, 0.3) is 0 Å². The summed E-state index contributed by atoms with van der Waals surface area (Å²) in [4.78, 5) is 13.4. The molecule has 0 spiro atoms. The molecule has 1 aliphatic carbocycles. The van der Waals surface area contributed by atoms with E-state index in [9.17, 15) is 4.79 Å². The van der Waals surface area contributed by atoms with Crippen LogP contribution in [0.25, 0.3) is 0 Å². The molecule has 2 atom stereocenters. The number of hydrogen-bond donors (Lipinski definition) is 1. The van der Waals surface area contributed by atoms with E-state index in [4.69, 9.17) is 4.74 Å². The van der Waals surface area contributed by atoms with Crippen molar-refractivity contribution in [2.24, 2.45) is 11.8 Å². The van der Waals surface area contributed by atoms with Crippen LogP contribution in [0, 0.1) is 11.8 Å². The van der Waals surface area contributed by atoms with Crippen molar-refractivity contribution < 1.29 is 9.53 Å². The quantitative estimate of drug-likeness (QED) is 0.621. The number of ether oxygens (including phenoxy) is 1. The second-order valence-corrected chi connectivity index (χ2v) is 4.42. The van der Waals surface area contributed by atoms with Crippen molar-refractivity contribution in [2.75, 3.05) is 40.4 Å². The molecule has 1 rings (SSSR count). The topological polar surface area (TPSA) is 41.6 Å². The third-order valence-electron chi connectivity index (χ3n) is 2.97. The molecule has 0 saturated heterocycles. The van der Waals surface area contributed by atoms with E-state index in [1.807, 2.05) is 11.9 Å². The lowest BCUT2D eigenvalue weighted by Crippen LogP contribution is -2.37. The number of carbonyl (C=O) groups excluding carboxylic acids is 1. The van der Waals surface area contributed by atoms with Crippen LogP contribution in [0.3, 0.4) is 0 Å². The van der Waals surface area contributed by atoms with Crippen molar-refractivity contribution in [2.45, 2.75) is 13.3 Å². The van der Waals surface area contributed by atoms with Gasteiger partial charge in [0.1, 0.15) is 0 Å². The number of nitrogens with one attached hydrogen (secondary N) is 1. The Hall–Kier alpha value is -0.610. The van der Waals surface area contributed by atoms with Crippen LogP contribution >= 0.6 is 0 Å². The first-order chi connectivity index (χ1) is 7.15. The number of likely N-dealkylation sites (N-methyl/N-ethyl adjacent to an activating group) is 1. The van der Waals surface area contributed by atoms with Gasteiger partial charge in [0.2, 0.25) is 5.91 Å². The van der Waals surface area contributed by atoms with Gasteiger partial charge in [-0.05, 0) is 18.3 Å². The summed E-state index contributed by atoms with van der Waals surface area (Å²) in [6.07, 6.45) is 1.27. The maximum absolute atomic E-state index is 11.6. The highest BCUT2D eigenvalue weighted by molar-refractivity contribution is 5.77. The van der Waals surface area contributed by atoms with Gasteiger partial charge in [0.05, 0.1) is 13.2 Å². The van der Waals surface area contributed by atoms with Gasteiger partial charge in [-0.15, -0.1) is 0 Å². The van der Waals surface area contributed by atoms with Crippen LogP contribution in [0.2, 0.25) is 0 Å². The SMILES string of the molecule is COCCNCC(=O)N(C)CC1CC1C. The summed E-state index contributed by atoms with van der Waals surface area (Å²) in [5.41, 5.74) is 0. The number of carbonyl (C=O) groups is 1. The van der Waals surface area contributed by atoms with E-state index in [0.717, 1.165) is 24.9 Å². The Bertz CT molecular complexity index is 209. The Balaban J connectivity index is 2.05. The van der Waals surface area contributed by atoms with Crippen LogP contribution in [0.5, 0.6) is 0 Å². The fourth-order valence-corrected chi connectivity index (χ4v) is 1.61. The molecule has 15 heavy (non-hydrogen) atoms. The highest BCUT2D eigenvalue weighted by Crippen LogP contribution is 2.37. The summed E-state index contributed by atoms with van der Waals surface area (Å²) in [6, 6.07) is 0. The van der Waals surface area contributed by atoms with E-state index in [0.29, 0.717) is 13.2 Å². The van der Waals surface area contributed by atoms with Crippen LogP contribution < -0.4 is 5.32 Å². The van der Waals surface area contributed by atoms with Crippen LogP contribution in [0.4, 0.5) is 0 Å². The number of nitrogens with zero attached hydrogens (tertiary/aromatic N) is 1. The Kier molecular flexibility index (Phi) is 5.05. The van der Waals surface area contributed by atoms with Crippen molar-refractivity contribution in [1.82, 2.24) is 10.2 Å². The first-order valence-electron chi connectivity index (χ1n) is 5.58. The third-order valence-corrected chi connectivity index (χ3v) is 2.97. The van der Waals surface area contributed by atoms with E-state index in [-0.39, 0.29) is 5.91 Å².